The first-order valence-corrected chi connectivity index (χ1v) is 12.8. The van der Waals surface area contributed by atoms with Gasteiger partial charge >= 0.3 is 5.84 Å². The van der Waals surface area contributed by atoms with Crippen LogP contribution in [0.3, 0.4) is 0 Å². The molecule has 0 bridgehead atoms. The van der Waals surface area contributed by atoms with Crippen LogP contribution in [-0.4, -0.2) is 49.3 Å². The van der Waals surface area contributed by atoms with Crippen molar-refractivity contribution in [2.24, 2.45) is 5.92 Å². The molecule has 8 nitrogen and oxygen atoms in total. The van der Waals surface area contributed by atoms with Gasteiger partial charge in [-0.15, -0.1) is 0 Å². The van der Waals surface area contributed by atoms with Crippen molar-refractivity contribution in [2.75, 3.05) is 18.4 Å². The van der Waals surface area contributed by atoms with Gasteiger partial charge in [0.25, 0.3) is 0 Å². The van der Waals surface area contributed by atoms with Gasteiger partial charge in [-0.3, -0.25) is 9.20 Å². The van der Waals surface area contributed by atoms with E-state index in [1.54, 1.807) is 30.8 Å². The predicted molar refractivity (Wildman–Crippen MR) is 134 cm³/mol. The minimum absolute atomic E-state index is 0.0949. The number of carbonyl (C=O) groups excluding carboxylic acids is 1. The van der Waals surface area contributed by atoms with E-state index in [1.807, 2.05) is 15.4 Å². The van der Waals surface area contributed by atoms with Crippen molar-refractivity contribution in [1.29, 1.82) is 0 Å². The van der Waals surface area contributed by atoms with E-state index in [1.165, 1.54) is 18.6 Å². The molecule has 3 aromatic heterocycles. The van der Waals surface area contributed by atoms with Gasteiger partial charge in [-0.05, 0) is 56.0 Å². The quantitative estimate of drug-likeness (QED) is 0.417. The van der Waals surface area contributed by atoms with E-state index >= 15 is 0 Å². The molecule has 2 fully saturated rings. The second-order valence-corrected chi connectivity index (χ2v) is 9.74. The minimum Gasteiger partial charge on any atom is -0.432 e. The average Bonchev–Trinajstić information content (AvgIpc) is 3.51. The summed E-state index contributed by atoms with van der Waals surface area (Å²) in [5.74, 6) is 1.12. The summed E-state index contributed by atoms with van der Waals surface area (Å²) in [5, 5.41) is 3.46. The molecule has 1 aliphatic carbocycles. The van der Waals surface area contributed by atoms with E-state index in [9.17, 15) is 9.18 Å². The summed E-state index contributed by atoms with van der Waals surface area (Å²) < 4.78 is 20.9. The highest BCUT2D eigenvalue weighted by molar-refractivity contribution is 5.80. The molecular formula is C27H29FN6O2. The molecule has 0 spiro atoms. The van der Waals surface area contributed by atoms with E-state index in [0.29, 0.717) is 35.6 Å². The van der Waals surface area contributed by atoms with Gasteiger partial charge in [-0.1, -0.05) is 19.3 Å². The highest BCUT2D eigenvalue weighted by Crippen LogP contribution is 2.33. The van der Waals surface area contributed by atoms with Gasteiger partial charge in [0.05, 0.1) is 5.69 Å². The van der Waals surface area contributed by atoms with Crippen LogP contribution in [0.2, 0.25) is 0 Å². The maximum Gasteiger partial charge on any atom is 0.306 e. The van der Waals surface area contributed by atoms with Gasteiger partial charge in [0.15, 0.2) is 0 Å². The fourth-order valence-electron chi connectivity index (χ4n) is 5.49. The normalized spacial score (nSPS) is 19.0. The van der Waals surface area contributed by atoms with E-state index < -0.39 is 0 Å². The zero-order valence-electron chi connectivity index (χ0n) is 20.1. The molecule has 2 aliphatic rings. The van der Waals surface area contributed by atoms with Crippen LogP contribution >= 0.6 is 0 Å². The first kappa shape index (κ1) is 22.7. The second kappa shape index (κ2) is 9.72. The number of rotatable bonds is 5. The minimum atomic E-state index is -0.305. The number of nitrogens with zero attached hydrogens (tertiary/aromatic N) is 5. The van der Waals surface area contributed by atoms with Crippen LogP contribution in [0.5, 0.6) is 0 Å². The third-order valence-electron chi connectivity index (χ3n) is 7.30. The number of oxazole rings is 1. The van der Waals surface area contributed by atoms with Crippen LogP contribution < -0.4 is 5.32 Å². The number of fused-ring (bicyclic) bond motifs is 1. The number of anilines is 1. The molecule has 4 heterocycles. The Morgan fingerprint density at radius 3 is 2.69 bits per heavy atom. The molecule has 1 aromatic carbocycles. The molecule has 36 heavy (non-hydrogen) atoms. The Kier molecular flexibility index (Phi) is 6.13. The first-order chi connectivity index (χ1) is 17.7. The first-order valence-electron chi connectivity index (χ1n) is 12.8. The lowest BCUT2D eigenvalue weighted by atomic mass is 9.87. The van der Waals surface area contributed by atoms with Crippen LogP contribution in [-0.2, 0) is 4.79 Å². The lowest BCUT2D eigenvalue weighted by Crippen LogP contribution is -2.47. The molecule has 1 amide bonds. The standard InChI is InChI=1S/C27H29FN6O2/c28-20-10-8-18(9-11-20)23-24(34-15-16-36-27(34)32-23)22-12-13-29-26(31-22)30-21-7-4-14-33(17-21)25(35)19-5-2-1-3-6-19/h8-13,15-16,19,21H,1-7,14,17H2,(H,29,30,31)/t21-/m1/s1. The Morgan fingerprint density at radius 1 is 1.03 bits per heavy atom. The number of imidazole rings is 1. The largest absolute Gasteiger partial charge is 0.432 e. The summed E-state index contributed by atoms with van der Waals surface area (Å²) in [4.78, 5) is 29.0. The number of carbonyl (C=O) groups is 1. The molecule has 0 radical (unpaired) electrons. The van der Waals surface area contributed by atoms with Crippen LogP contribution in [0.15, 0.2) is 53.4 Å². The lowest BCUT2D eigenvalue weighted by Gasteiger charge is -2.36. The number of piperidine rings is 1. The zero-order chi connectivity index (χ0) is 24.5. The van der Waals surface area contributed by atoms with E-state index in [4.69, 9.17) is 9.40 Å². The summed E-state index contributed by atoms with van der Waals surface area (Å²) in [6.45, 7) is 1.49. The summed E-state index contributed by atoms with van der Waals surface area (Å²) in [6, 6.07) is 8.14. The summed E-state index contributed by atoms with van der Waals surface area (Å²) in [7, 11) is 0. The molecule has 4 aromatic rings. The highest BCUT2D eigenvalue weighted by atomic mass is 19.1. The van der Waals surface area contributed by atoms with Crippen molar-refractivity contribution in [2.45, 2.75) is 51.0 Å². The van der Waals surface area contributed by atoms with E-state index in [-0.39, 0.29) is 17.8 Å². The van der Waals surface area contributed by atoms with E-state index in [0.717, 1.165) is 56.3 Å². The fraction of sp³-hybridized carbons (Fsp3) is 0.407. The monoisotopic (exact) mass is 488 g/mol. The molecule has 6 rings (SSSR count). The molecule has 1 N–H and O–H groups in total. The Balaban J connectivity index is 1.24. The van der Waals surface area contributed by atoms with Gasteiger partial charge in [-0.2, -0.15) is 4.98 Å². The van der Waals surface area contributed by atoms with Gasteiger partial charge in [0.1, 0.15) is 23.5 Å². The average molecular weight is 489 g/mol. The topological polar surface area (TPSA) is 88.6 Å². The van der Waals surface area contributed by atoms with Crippen LogP contribution in [0, 0.1) is 11.7 Å². The number of likely N-dealkylation sites (tertiary alicyclic amines) is 1. The summed E-state index contributed by atoms with van der Waals surface area (Å²) in [6.07, 6.45) is 12.6. The zero-order valence-corrected chi connectivity index (χ0v) is 20.1. The van der Waals surface area contributed by atoms with E-state index in [2.05, 4.69) is 15.3 Å². The maximum absolute atomic E-state index is 13.5. The number of hydrogen-bond acceptors (Lipinski definition) is 6. The predicted octanol–water partition coefficient (Wildman–Crippen LogP) is 5.17. The number of aromatic nitrogens is 4. The highest BCUT2D eigenvalue weighted by Gasteiger charge is 2.30. The Labute approximate surface area is 208 Å². The Bertz CT molecular complexity index is 1360. The Hall–Kier alpha value is -3.75. The summed E-state index contributed by atoms with van der Waals surface area (Å²) in [5.41, 5.74) is 2.84. The third-order valence-corrected chi connectivity index (χ3v) is 7.30. The molecule has 1 atom stereocenters. The lowest BCUT2D eigenvalue weighted by molar-refractivity contribution is -0.137. The fourth-order valence-corrected chi connectivity index (χ4v) is 5.49. The molecule has 9 heteroatoms. The molecule has 1 saturated heterocycles. The van der Waals surface area contributed by atoms with Crippen molar-refractivity contribution >= 4 is 17.7 Å². The SMILES string of the molecule is O=C(C1CCCCC1)N1CCC[C@@H](Nc2nccc(-c3c(-c4ccc(F)cc4)nc4occn34)n2)C1. The third kappa shape index (κ3) is 4.45. The van der Waals surface area contributed by atoms with Gasteiger partial charge in [0, 0.05) is 43.0 Å². The molecular weight excluding hydrogens is 459 g/mol. The molecule has 1 saturated carbocycles. The van der Waals surface area contributed by atoms with Crippen molar-refractivity contribution in [1.82, 2.24) is 24.3 Å². The Morgan fingerprint density at radius 2 is 1.86 bits per heavy atom. The number of nitrogens with one attached hydrogen (secondary N) is 1. The number of amides is 1. The number of hydrogen-bond donors (Lipinski definition) is 1. The molecule has 0 unspecified atom stereocenters. The van der Waals surface area contributed by atoms with Crippen molar-refractivity contribution in [3.63, 3.8) is 0 Å². The van der Waals surface area contributed by atoms with Crippen LogP contribution in [0.4, 0.5) is 10.3 Å². The second-order valence-electron chi connectivity index (χ2n) is 9.74. The maximum atomic E-state index is 13.5. The van der Waals surface area contributed by atoms with Crippen LogP contribution in [0.25, 0.3) is 28.5 Å². The smallest absolute Gasteiger partial charge is 0.306 e. The molecule has 1 aliphatic heterocycles. The van der Waals surface area contributed by atoms with Gasteiger partial charge in [-0.25, -0.2) is 14.4 Å². The van der Waals surface area contributed by atoms with Gasteiger partial charge in [0.2, 0.25) is 11.9 Å². The van der Waals surface area contributed by atoms with Crippen molar-refractivity contribution < 1.29 is 13.6 Å². The number of halogens is 1. The van der Waals surface area contributed by atoms with Gasteiger partial charge < -0.3 is 14.6 Å². The molecule has 186 valence electrons. The number of benzene rings is 1. The van der Waals surface area contributed by atoms with Crippen molar-refractivity contribution in [3.05, 3.63) is 54.8 Å². The summed E-state index contributed by atoms with van der Waals surface area (Å²) >= 11 is 0. The van der Waals surface area contributed by atoms with Crippen LogP contribution in [0.1, 0.15) is 44.9 Å². The van der Waals surface area contributed by atoms with Crippen molar-refractivity contribution in [3.8, 4) is 22.6 Å².